The Labute approximate surface area is 185 Å². The Morgan fingerprint density at radius 2 is 1.71 bits per heavy atom. The third-order valence-electron chi connectivity index (χ3n) is 6.56. The molecule has 164 valence electrons. The number of carbonyl (C=O) groups is 2. The zero-order chi connectivity index (χ0) is 21.8. The molecule has 4 rings (SSSR count). The highest BCUT2D eigenvalue weighted by molar-refractivity contribution is 5.95. The topological polar surface area (TPSA) is 61.4 Å². The predicted molar refractivity (Wildman–Crippen MR) is 124 cm³/mol. The van der Waals surface area contributed by atoms with Gasteiger partial charge in [-0.05, 0) is 92.8 Å². The van der Waals surface area contributed by atoms with Crippen molar-refractivity contribution in [1.82, 2.24) is 10.2 Å². The van der Waals surface area contributed by atoms with Crippen LogP contribution in [0.1, 0.15) is 71.3 Å². The van der Waals surface area contributed by atoms with Crippen LogP contribution >= 0.6 is 0 Å². The highest BCUT2D eigenvalue weighted by Crippen LogP contribution is 2.25. The summed E-state index contributed by atoms with van der Waals surface area (Å²) in [5, 5.41) is 6.32. The van der Waals surface area contributed by atoms with Crippen molar-refractivity contribution in [2.75, 3.05) is 25.0 Å². The van der Waals surface area contributed by atoms with Gasteiger partial charge in [-0.1, -0.05) is 18.2 Å². The third kappa shape index (κ3) is 5.09. The van der Waals surface area contributed by atoms with Gasteiger partial charge >= 0.3 is 0 Å². The van der Waals surface area contributed by atoms with E-state index in [2.05, 4.69) is 28.8 Å². The van der Waals surface area contributed by atoms with E-state index in [1.54, 1.807) is 0 Å². The average Bonchev–Trinajstić information content (AvgIpc) is 3.32. The number of anilines is 1. The van der Waals surface area contributed by atoms with E-state index < -0.39 is 0 Å². The predicted octanol–water partition coefficient (Wildman–Crippen LogP) is 4.40. The molecule has 5 heteroatoms. The fourth-order valence-electron chi connectivity index (χ4n) is 4.67. The van der Waals surface area contributed by atoms with Gasteiger partial charge in [0.2, 0.25) is 5.91 Å². The number of nitrogens with zero attached hydrogens (tertiary/aromatic N) is 1. The summed E-state index contributed by atoms with van der Waals surface area (Å²) in [6.45, 7) is 5.90. The molecule has 2 aromatic carbocycles. The lowest BCUT2D eigenvalue weighted by Gasteiger charge is -2.20. The van der Waals surface area contributed by atoms with Crippen molar-refractivity contribution >= 4 is 17.5 Å². The molecule has 1 heterocycles. The minimum absolute atomic E-state index is 0.0249. The molecule has 0 radical (unpaired) electrons. The fourth-order valence-corrected chi connectivity index (χ4v) is 4.67. The fraction of sp³-hybridized carbons (Fsp3) is 0.462. The van der Waals surface area contributed by atoms with Gasteiger partial charge in [0.25, 0.3) is 5.91 Å². The molecule has 1 aliphatic heterocycles. The van der Waals surface area contributed by atoms with Gasteiger partial charge in [0.05, 0.1) is 12.6 Å². The molecule has 31 heavy (non-hydrogen) atoms. The van der Waals surface area contributed by atoms with Gasteiger partial charge in [0.15, 0.2) is 0 Å². The van der Waals surface area contributed by atoms with Gasteiger partial charge in [-0.25, -0.2) is 0 Å². The quantitative estimate of drug-likeness (QED) is 0.730. The van der Waals surface area contributed by atoms with E-state index in [1.807, 2.05) is 36.9 Å². The van der Waals surface area contributed by atoms with Crippen molar-refractivity contribution in [3.05, 3.63) is 64.2 Å². The molecule has 1 fully saturated rings. The first-order valence-corrected chi connectivity index (χ1v) is 11.6. The molecule has 2 N–H and O–H groups in total. The molecule has 0 bridgehead atoms. The van der Waals surface area contributed by atoms with Crippen molar-refractivity contribution in [2.45, 2.75) is 58.4 Å². The van der Waals surface area contributed by atoms with Crippen LogP contribution in [0.3, 0.4) is 0 Å². The summed E-state index contributed by atoms with van der Waals surface area (Å²) in [4.78, 5) is 27.0. The summed E-state index contributed by atoms with van der Waals surface area (Å²) in [6, 6.07) is 12.3. The number of fused-ring (bicyclic) bond motifs is 1. The first kappa shape index (κ1) is 21.4. The van der Waals surface area contributed by atoms with Crippen molar-refractivity contribution in [3.63, 3.8) is 0 Å². The van der Waals surface area contributed by atoms with E-state index in [-0.39, 0.29) is 24.4 Å². The SMILES string of the molecule is Cc1cc(C(=O)N2CCCC2)ccc1NCC(=O)NC(C)c1ccc2c(c1)CCCC2. The first-order valence-electron chi connectivity index (χ1n) is 11.6. The van der Waals surface area contributed by atoms with E-state index in [4.69, 9.17) is 0 Å². The number of amides is 2. The van der Waals surface area contributed by atoms with Gasteiger partial charge in [0.1, 0.15) is 0 Å². The van der Waals surface area contributed by atoms with Crippen LogP contribution in [-0.2, 0) is 17.6 Å². The number of hydrogen-bond acceptors (Lipinski definition) is 3. The van der Waals surface area contributed by atoms with E-state index in [1.165, 1.54) is 30.4 Å². The standard InChI is InChI=1S/C26H33N3O2/c1-18-15-23(26(31)29-13-5-6-14-29)11-12-24(18)27-17-25(30)28-19(2)21-10-9-20-7-3-4-8-22(20)16-21/h9-12,15-16,19,27H,3-8,13-14,17H2,1-2H3,(H,28,30). The maximum Gasteiger partial charge on any atom is 0.253 e. The Balaban J connectivity index is 1.31. The lowest BCUT2D eigenvalue weighted by molar-refractivity contribution is -0.120. The lowest BCUT2D eigenvalue weighted by Crippen LogP contribution is -2.32. The van der Waals surface area contributed by atoms with Crippen molar-refractivity contribution in [2.24, 2.45) is 0 Å². The summed E-state index contributed by atoms with van der Waals surface area (Å²) in [5.74, 6) is 0.0607. The van der Waals surface area contributed by atoms with Crippen LogP contribution in [0.5, 0.6) is 0 Å². The second-order valence-corrected chi connectivity index (χ2v) is 8.91. The molecule has 1 atom stereocenters. The van der Waals surface area contributed by atoms with Crippen LogP contribution in [0.15, 0.2) is 36.4 Å². The Hall–Kier alpha value is -2.82. The van der Waals surface area contributed by atoms with Gasteiger partial charge < -0.3 is 15.5 Å². The number of carbonyl (C=O) groups excluding carboxylic acids is 2. The molecule has 0 aromatic heterocycles. The number of nitrogens with one attached hydrogen (secondary N) is 2. The maximum atomic E-state index is 12.6. The molecule has 1 saturated heterocycles. The van der Waals surface area contributed by atoms with E-state index in [9.17, 15) is 9.59 Å². The van der Waals surface area contributed by atoms with Crippen molar-refractivity contribution in [3.8, 4) is 0 Å². The molecule has 1 unspecified atom stereocenters. The molecule has 5 nitrogen and oxygen atoms in total. The molecule has 1 aliphatic carbocycles. The highest BCUT2D eigenvalue weighted by Gasteiger charge is 2.20. The largest absolute Gasteiger partial charge is 0.376 e. The van der Waals surface area contributed by atoms with E-state index >= 15 is 0 Å². The van der Waals surface area contributed by atoms with Gasteiger partial charge in [0, 0.05) is 24.3 Å². The molecule has 2 aliphatic rings. The minimum atomic E-state index is -0.0400. The zero-order valence-corrected chi connectivity index (χ0v) is 18.7. The van der Waals surface area contributed by atoms with Crippen LogP contribution in [0.25, 0.3) is 0 Å². The summed E-state index contributed by atoms with van der Waals surface area (Å²) < 4.78 is 0. The van der Waals surface area contributed by atoms with Crippen LogP contribution in [0, 0.1) is 6.92 Å². The summed E-state index contributed by atoms with van der Waals surface area (Å²) in [5.41, 5.74) is 6.63. The maximum absolute atomic E-state index is 12.6. The highest BCUT2D eigenvalue weighted by atomic mass is 16.2. The number of likely N-dealkylation sites (tertiary alicyclic amines) is 1. The molecule has 2 aromatic rings. The first-order chi connectivity index (χ1) is 15.0. The number of aryl methyl sites for hydroxylation is 3. The van der Waals surface area contributed by atoms with Crippen molar-refractivity contribution in [1.29, 1.82) is 0 Å². The lowest BCUT2D eigenvalue weighted by atomic mass is 9.89. The molecule has 0 saturated carbocycles. The molecular weight excluding hydrogens is 386 g/mol. The van der Waals surface area contributed by atoms with E-state index in [0.717, 1.165) is 54.7 Å². The Bertz CT molecular complexity index is 963. The Morgan fingerprint density at radius 3 is 2.45 bits per heavy atom. The smallest absolute Gasteiger partial charge is 0.253 e. The monoisotopic (exact) mass is 419 g/mol. The Kier molecular flexibility index (Phi) is 6.59. The number of hydrogen-bond donors (Lipinski definition) is 2. The minimum Gasteiger partial charge on any atom is -0.376 e. The zero-order valence-electron chi connectivity index (χ0n) is 18.7. The van der Waals surface area contributed by atoms with E-state index in [0.29, 0.717) is 0 Å². The van der Waals surface area contributed by atoms with Crippen LogP contribution in [0.4, 0.5) is 5.69 Å². The number of rotatable bonds is 6. The second kappa shape index (κ2) is 9.54. The summed E-state index contributed by atoms with van der Waals surface area (Å²) in [6.07, 6.45) is 7.01. The van der Waals surface area contributed by atoms with Crippen molar-refractivity contribution < 1.29 is 9.59 Å². The average molecular weight is 420 g/mol. The normalized spacial score (nSPS) is 16.5. The van der Waals surface area contributed by atoms with Crippen LogP contribution in [0.2, 0.25) is 0 Å². The van der Waals surface area contributed by atoms with Gasteiger partial charge in [-0.2, -0.15) is 0 Å². The third-order valence-corrected chi connectivity index (χ3v) is 6.56. The summed E-state index contributed by atoms with van der Waals surface area (Å²) >= 11 is 0. The van der Waals surface area contributed by atoms with Gasteiger partial charge in [-0.15, -0.1) is 0 Å². The number of benzene rings is 2. The van der Waals surface area contributed by atoms with Crippen LogP contribution < -0.4 is 10.6 Å². The summed E-state index contributed by atoms with van der Waals surface area (Å²) in [7, 11) is 0. The van der Waals surface area contributed by atoms with Gasteiger partial charge in [-0.3, -0.25) is 9.59 Å². The van der Waals surface area contributed by atoms with Crippen LogP contribution in [-0.4, -0.2) is 36.3 Å². The second-order valence-electron chi connectivity index (χ2n) is 8.91. The molecule has 2 amide bonds. The Morgan fingerprint density at radius 1 is 0.968 bits per heavy atom. The molecule has 0 spiro atoms. The molecular formula is C26H33N3O2.